The van der Waals surface area contributed by atoms with Crippen LogP contribution < -0.4 is 0 Å². The van der Waals surface area contributed by atoms with Crippen molar-refractivity contribution in [1.82, 2.24) is 24.7 Å². The average molecular weight is 502 g/mol. The van der Waals surface area contributed by atoms with Crippen LogP contribution in [0.1, 0.15) is 61.9 Å². The van der Waals surface area contributed by atoms with Gasteiger partial charge in [0.1, 0.15) is 17.7 Å². The summed E-state index contributed by atoms with van der Waals surface area (Å²) in [5, 5.41) is 7.73. The maximum Gasteiger partial charge on any atom is 0.163 e. The molecule has 0 aliphatic carbocycles. The van der Waals surface area contributed by atoms with Crippen LogP contribution in [0.5, 0.6) is 0 Å². The van der Waals surface area contributed by atoms with Gasteiger partial charge in [-0.2, -0.15) is 9.90 Å². The fraction of sp³-hybridized carbons (Fsp3) is 0.417. The van der Waals surface area contributed by atoms with E-state index < -0.39 is 21.2 Å². The average Bonchev–Trinajstić information content (AvgIpc) is 3.14. The number of ether oxygens (including phenoxy) is 1. The standard InChI is InChI=1S/C24H29N5O3S.H3P/c1-16(2)32-23(24-25-13-17(3)14-26-24)18(4)33(30,31)15-22-28-27-21-12-8-6-10-19-9-5-7-11-20(19)29(21)22;/h5-7,9-11,13-14,16,18,23H,8,12,15H2,1-4H3;1H3/b10-6-;/t18-,23+;/m0./s1. The van der Waals surface area contributed by atoms with E-state index in [1.54, 1.807) is 19.3 Å². The van der Waals surface area contributed by atoms with Gasteiger partial charge in [0.25, 0.3) is 0 Å². The summed E-state index contributed by atoms with van der Waals surface area (Å²) in [4.78, 5) is 8.69. The summed E-state index contributed by atoms with van der Waals surface area (Å²) in [6, 6.07) is 7.86. The van der Waals surface area contributed by atoms with Crippen LogP contribution in [0.3, 0.4) is 0 Å². The maximum absolute atomic E-state index is 13.6. The summed E-state index contributed by atoms with van der Waals surface area (Å²) in [7, 11) is -3.69. The molecule has 0 saturated carbocycles. The Balaban J connectivity index is 0.00000324. The molecule has 1 aliphatic heterocycles. The number of allylic oxidation sites excluding steroid dienone is 1. The molecule has 3 aromatic rings. The van der Waals surface area contributed by atoms with Gasteiger partial charge in [0.15, 0.2) is 21.5 Å². The smallest absolute Gasteiger partial charge is 0.163 e. The van der Waals surface area contributed by atoms with Gasteiger partial charge in [-0.3, -0.25) is 4.57 Å². The van der Waals surface area contributed by atoms with Gasteiger partial charge in [0, 0.05) is 18.8 Å². The molecule has 0 fully saturated rings. The van der Waals surface area contributed by atoms with Crippen molar-refractivity contribution in [3.63, 3.8) is 0 Å². The third-order valence-electron chi connectivity index (χ3n) is 5.60. The van der Waals surface area contributed by atoms with Crippen LogP contribution in [0.25, 0.3) is 11.8 Å². The van der Waals surface area contributed by atoms with Crippen LogP contribution in [0.4, 0.5) is 0 Å². The molecule has 0 bridgehead atoms. The lowest BCUT2D eigenvalue weighted by Gasteiger charge is -2.25. The number of sulfone groups is 1. The van der Waals surface area contributed by atoms with E-state index in [0.29, 0.717) is 18.1 Å². The SMILES string of the molecule is Cc1cnc([C@H](OC(C)C)[C@H](C)S(=O)(=O)Cc2nnc3n2-c2ccccc2/C=C\CC3)nc1.P. The molecule has 2 aromatic heterocycles. The van der Waals surface area contributed by atoms with Crippen molar-refractivity contribution in [3.05, 3.63) is 71.3 Å². The van der Waals surface area contributed by atoms with Crippen LogP contribution in [-0.2, 0) is 26.7 Å². The van der Waals surface area contributed by atoms with Crippen molar-refractivity contribution in [2.24, 2.45) is 0 Å². The van der Waals surface area contributed by atoms with Gasteiger partial charge < -0.3 is 4.74 Å². The molecule has 1 aromatic carbocycles. The predicted octanol–water partition coefficient (Wildman–Crippen LogP) is 3.85. The Kier molecular flexibility index (Phi) is 8.34. The summed E-state index contributed by atoms with van der Waals surface area (Å²) < 4.78 is 35.0. The van der Waals surface area contributed by atoms with E-state index in [2.05, 4.69) is 32.3 Å². The largest absolute Gasteiger partial charge is 0.366 e. The predicted molar refractivity (Wildman–Crippen MR) is 138 cm³/mol. The molecule has 3 heterocycles. The highest BCUT2D eigenvalue weighted by Crippen LogP contribution is 2.29. The van der Waals surface area contributed by atoms with Crippen LogP contribution in [0, 0.1) is 6.92 Å². The lowest BCUT2D eigenvalue weighted by molar-refractivity contribution is 0.00141. The van der Waals surface area contributed by atoms with E-state index in [-0.39, 0.29) is 21.8 Å². The Hall–Kier alpha value is -2.48. The van der Waals surface area contributed by atoms with Gasteiger partial charge in [-0.25, -0.2) is 18.4 Å². The van der Waals surface area contributed by atoms with Crippen molar-refractivity contribution in [1.29, 1.82) is 0 Å². The maximum atomic E-state index is 13.6. The number of para-hydroxylation sites is 1. The van der Waals surface area contributed by atoms with E-state index >= 15 is 0 Å². The Bertz CT molecular complexity index is 1260. The summed E-state index contributed by atoms with van der Waals surface area (Å²) in [5.41, 5.74) is 2.77. The van der Waals surface area contributed by atoms with Crippen LogP contribution in [0.2, 0.25) is 0 Å². The molecule has 0 radical (unpaired) electrons. The topological polar surface area (TPSA) is 99.9 Å². The molecule has 0 amide bonds. The first-order valence-electron chi connectivity index (χ1n) is 11.1. The van der Waals surface area contributed by atoms with Crippen molar-refractivity contribution < 1.29 is 13.2 Å². The summed E-state index contributed by atoms with van der Waals surface area (Å²) >= 11 is 0. The molecular formula is C24H32N5O3PS. The van der Waals surface area contributed by atoms with Gasteiger partial charge >= 0.3 is 0 Å². The highest BCUT2D eigenvalue weighted by atomic mass is 32.2. The van der Waals surface area contributed by atoms with Gasteiger partial charge in [0.2, 0.25) is 0 Å². The van der Waals surface area contributed by atoms with Crippen molar-refractivity contribution in [2.75, 3.05) is 0 Å². The van der Waals surface area contributed by atoms with Crippen molar-refractivity contribution in [2.45, 2.75) is 63.7 Å². The van der Waals surface area contributed by atoms with Gasteiger partial charge in [-0.1, -0.05) is 30.4 Å². The number of benzene rings is 1. The summed E-state index contributed by atoms with van der Waals surface area (Å²) in [5.74, 6) is 1.25. The van der Waals surface area contributed by atoms with Gasteiger partial charge in [0.05, 0.1) is 17.0 Å². The molecule has 0 N–H and O–H groups in total. The summed E-state index contributed by atoms with van der Waals surface area (Å²) in [6.07, 6.45) is 8.01. The zero-order chi connectivity index (χ0) is 23.6. The molecule has 4 rings (SSSR count). The highest BCUT2D eigenvalue weighted by molar-refractivity contribution is 7.91. The number of fused-ring (bicyclic) bond motifs is 3. The monoisotopic (exact) mass is 501 g/mol. The second-order valence-electron chi connectivity index (χ2n) is 8.60. The molecule has 8 nitrogen and oxygen atoms in total. The second kappa shape index (κ2) is 10.8. The quantitative estimate of drug-likeness (QED) is 0.453. The number of hydrogen-bond acceptors (Lipinski definition) is 7. The molecule has 1 aliphatic rings. The van der Waals surface area contributed by atoms with E-state index in [1.165, 1.54) is 0 Å². The van der Waals surface area contributed by atoms with Crippen molar-refractivity contribution in [3.8, 4) is 5.69 Å². The zero-order valence-corrected chi connectivity index (χ0v) is 22.3. The van der Waals surface area contributed by atoms with Crippen LogP contribution in [-0.4, -0.2) is 44.5 Å². The normalized spacial score (nSPS) is 15.9. The highest BCUT2D eigenvalue weighted by Gasteiger charge is 2.35. The minimum atomic E-state index is -3.69. The molecule has 10 heteroatoms. The second-order valence-corrected chi connectivity index (χ2v) is 11.0. The van der Waals surface area contributed by atoms with E-state index in [1.807, 2.05) is 49.6 Å². The van der Waals surface area contributed by atoms with E-state index in [9.17, 15) is 8.42 Å². The van der Waals surface area contributed by atoms with Crippen LogP contribution >= 0.6 is 9.90 Å². The lowest BCUT2D eigenvalue weighted by Crippen LogP contribution is -2.32. The number of aryl methyl sites for hydroxylation is 2. The molecule has 0 saturated heterocycles. The molecular weight excluding hydrogens is 469 g/mol. The lowest BCUT2D eigenvalue weighted by atomic mass is 10.1. The molecule has 0 spiro atoms. The Morgan fingerprint density at radius 1 is 1.09 bits per heavy atom. The minimum Gasteiger partial charge on any atom is -0.366 e. The number of nitrogens with zero attached hydrogens (tertiary/aromatic N) is 5. The Morgan fingerprint density at radius 3 is 2.50 bits per heavy atom. The number of rotatable bonds is 7. The zero-order valence-electron chi connectivity index (χ0n) is 20.0. The number of hydrogen-bond donors (Lipinski definition) is 0. The first kappa shape index (κ1) is 26.1. The van der Waals surface area contributed by atoms with Crippen LogP contribution in [0.15, 0.2) is 42.7 Å². The summed E-state index contributed by atoms with van der Waals surface area (Å²) in [6.45, 7) is 7.26. The Labute approximate surface area is 204 Å². The molecule has 34 heavy (non-hydrogen) atoms. The molecule has 3 atom stereocenters. The first-order valence-corrected chi connectivity index (χ1v) is 12.8. The fourth-order valence-corrected chi connectivity index (χ4v) is 5.24. The Morgan fingerprint density at radius 2 is 1.79 bits per heavy atom. The first-order chi connectivity index (χ1) is 15.8. The number of aromatic nitrogens is 5. The minimum absolute atomic E-state index is 0. The van der Waals surface area contributed by atoms with E-state index in [4.69, 9.17) is 4.74 Å². The van der Waals surface area contributed by atoms with Crippen molar-refractivity contribution >= 4 is 25.8 Å². The van der Waals surface area contributed by atoms with Gasteiger partial charge in [-0.15, -0.1) is 10.2 Å². The third kappa shape index (κ3) is 5.59. The van der Waals surface area contributed by atoms with E-state index in [0.717, 1.165) is 29.1 Å². The fourth-order valence-electron chi connectivity index (χ4n) is 3.87. The molecule has 1 unspecified atom stereocenters. The molecule has 182 valence electrons. The third-order valence-corrected chi connectivity index (χ3v) is 7.64. The van der Waals surface area contributed by atoms with Gasteiger partial charge in [-0.05, 0) is 51.3 Å².